The second-order valence-corrected chi connectivity index (χ2v) is 2.42. The molecule has 3 nitrogen and oxygen atoms in total. The number of hydrogen-bond donors (Lipinski definition) is 2. The summed E-state index contributed by atoms with van der Waals surface area (Å²) in [6.07, 6.45) is 0.604. The number of hydrogen-bond acceptors (Lipinski definition) is 3. The second-order valence-electron chi connectivity index (χ2n) is 2.42. The highest BCUT2D eigenvalue weighted by Crippen LogP contribution is 2.17. The van der Waals surface area contributed by atoms with Crippen LogP contribution in [-0.2, 0) is 0 Å². The van der Waals surface area contributed by atoms with Crippen LogP contribution in [0.25, 0.3) is 0 Å². The topological polar surface area (TPSA) is 49.5 Å². The summed E-state index contributed by atoms with van der Waals surface area (Å²) >= 11 is 0. The molecule has 1 heterocycles. The van der Waals surface area contributed by atoms with Crippen molar-refractivity contribution in [1.29, 1.82) is 0 Å². The van der Waals surface area contributed by atoms with Gasteiger partial charge in [-0.05, 0) is 12.3 Å². The molecule has 1 fully saturated rings. The van der Waals surface area contributed by atoms with E-state index in [4.69, 9.17) is 10.9 Å². The molecular weight excluding hydrogens is 104 g/mol. The molecule has 0 aromatic carbocycles. The van der Waals surface area contributed by atoms with Crippen molar-refractivity contribution in [3.8, 4) is 0 Å². The van der Waals surface area contributed by atoms with E-state index in [1.807, 2.05) is 6.92 Å². The van der Waals surface area contributed by atoms with Crippen molar-refractivity contribution in [3.63, 3.8) is 0 Å². The van der Waals surface area contributed by atoms with E-state index in [9.17, 15) is 0 Å². The molecule has 1 rings (SSSR count). The maximum absolute atomic E-state index is 9.07. The Bertz CT molecular complexity index is 76.5. The minimum atomic E-state index is -0.407. The lowest BCUT2D eigenvalue weighted by molar-refractivity contribution is 0.0121. The molecule has 1 aliphatic rings. The van der Waals surface area contributed by atoms with Crippen LogP contribution in [0.15, 0.2) is 0 Å². The van der Waals surface area contributed by atoms with E-state index < -0.39 is 6.23 Å². The predicted molar refractivity (Wildman–Crippen MR) is 30.7 cm³/mol. The molecule has 0 radical (unpaired) electrons. The molecule has 0 saturated carbocycles. The molecule has 0 spiro atoms. The van der Waals surface area contributed by atoms with Crippen LogP contribution in [0, 0.1) is 5.92 Å². The van der Waals surface area contributed by atoms with E-state index in [-0.39, 0.29) is 0 Å². The summed E-state index contributed by atoms with van der Waals surface area (Å²) in [4.78, 5) is 0. The molecular formula is C5H12N2O. The summed E-state index contributed by atoms with van der Waals surface area (Å²) in [6, 6.07) is 0. The molecule has 48 valence electrons. The first-order chi connectivity index (χ1) is 3.72. The number of nitrogens with two attached hydrogens (primary N) is 1. The average molecular weight is 116 g/mol. The Labute approximate surface area is 49.1 Å². The molecule has 0 aliphatic carbocycles. The molecule has 3 heteroatoms. The number of hydrazine groups is 1. The van der Waals surface area contributed by atoms with Crippen LogP contribution in [0.2, 0.25) is 0 Å². The van der Waals surface area contributed by atoms with Gasteiger partial charge in [0.15, 0.2) is 0 Å². The SMILES string of the molecule is CC1CCN(N)C1O. The first-order valence-electron chi connectivity index (χ1n) is 2.91. The first kappa shape index (κ1) is 6.01. The van der Waals surface area contributed by atoms with Crippen molar-refractivity contribution in [2.75, 3.05) is 6.54 Å². The number of nitrogens with zero attached hydrogens (tertiary/aromatic N) is 1. The van der Waals surface area contributed by atoms with E-state index in [1.54, 1.807) is 0 Å². The van der Waals surface area contributed by atoms with Crippen molar-refractivity contribution < 1.29 is 5.11 Å². The van der Waals surface area contributed by atoms with E-state index in [0.717, 1.165) is 13.0 Å². The third-order valence-corrected chi connectivity index (χ3v) is 1.69. The minimum Gasteiger partial charge on any atom is -0.377 e. The molecule has 0 bridgehead atoms. The molecule has 1 aliphatic heterocycles. The highest BCUT2D eigenvalue weighted by atomic mass is 16.3. The largest absolute Gasteiger partial charge is 0.377 e. The predicted octanol–water partition coefficient (Wildman–Crippen LogP) is -0.480. The molecule has 8 heavy (non-hydrogen) atoms. The van der Waals surface area contributed by atoms with Gasteiger partial charge in [0.25, 0.3) is 0 Å². The molecule has 2 atom stereocenters. The molecule has 0 aromatic rings. The third-order valence-electron chi connectivity index (χ3n) is 1.69. The van der Waals surface area contributed by atoms with Gasteiger partial charge in [-0.25, -0.2) is 5.01 Å². The zero-order valence-corrected chi connectivity index (χ0v) is 5.04. The van der Waals surface area contributed by atoms with Gasteiger partial charge in [-0.2, -0.15) is 0 Å². The van der Waals surface area contributed by atoms with Gasteiger partial charge in [0.2, 0.25) is 0 Å². The van der Waals surface area contributed by atoms with Crippen molar-refractivity contribution in [1.82, 2.24) is 5.01 Å². The Hall–Kier alpha value is -0.120. The van der Waals surface area contributed by atoms with Crippen molar-refractivity contribution in [2.24, 2.45) is 11.8 Å². The Balaban J connectivity index is 2.44. The molecule has 1 saturated heterocycles. The van der Waals surface area contributed by atoms with Crippen molar-refractivity contribution in [2.45, 2.75) is 19.6 Å². The summed E-state index contributed by atoms with van der Waals surface area (Å²) in [5.74, 6) is 5.70. The van der Waals surface area contributed by atoms with Gasteiger partial charge in [-0.3, -0.25) is 5.84 Å². The fourth-order valence-electron chi connectivity index (χ4n) is 0.961. The van der Waals surface area contributed by atoms with Gasteiger partial charge >= 0.3 is 0 Å². The average Bonchev–Trinajstić information content (AvgIpc) is 1.98. The second kappa shape index (κ2) is 2.01. The van der Waals surface area contributed by atoms with Crippen LogP contribution in [-0.4, -0.2) is 22.9 Å². The smallest absolute Gasteiger partial charge is 0.122 e. The molecule has 3 N–H and O–H groups in total. The fraction of sp³-hybridized carbons (Fsp3) is 1.00. The highest BCUT2D eigenvalue weighted by Gasteiger charge is 2.25. The number of aliphatic hydroxyl groups is 1. The van der Waals surface area contributed by atoms with E-state index in [0.29, 0.717) is 5.92 Å². The molecule has 0 amide bonds. The third kappa shape index (κ3) is 0.844. The monoisotopic (exact) mass is 116 g/mol. The lowest BCUT2D eigenvalue weighted by Crippen LogP contribution is -2.37. The number of aliphatic hydroxyl groups excluding tert-OH is 1. The van der Waals surface area contributed by atoms with Crippen LogP contribution < -0.4 is 5.84 Å². The van der Waals surface area contributed by atoms with Gasteiger partial charge < -0.3 is 5.11 Å². The van der Waals surface area contributed by atoms with Gasteiger partial charge in [-0.15, -0.1) is 0 Å². The maximum atomic E-state index is 9.07. The lowest BCUT2D eigenvalue weighted by atomic mass is 10.1. The van der Waals surface area contributed by atoms with Crippen LogP contribution in [0.3, 0.4) is 0 Å². The van der Waals surface area contributed by atoms with Crippen molar-refractivity contribution >= 4 is 0 Å². The first-order valence-corrected chi connectivity index (χ1v) is 2.91. The highest BCUT2D eigenvalue weighted by molar-refractivity contribution is 4.71. The van der Waals surface area contributed by atoms with Crippen LogP contribution >= 0.6 is 0 Å². The van der Waals surface area contributed by atoms with Crippen molar-refractivity contribution in [3.05, 3.63) is 0 Å². The van der Waals surface area contributed by atoms with E-state index in [1.165, 1.54) is 5.01 Å². The molecule has 0 aromatic heterocycles. The van der Waals surface area contributed by atoms with E-state index in [2.05, 4.69) is 0 Å². The Morgan fingerprint density at radius 2 is 2.38 bits per heavy atom. The van der Waals surface area contributed by atoms with Crippen LogP contribution in [0.4, 0.5) is 0 Å². The van der Waals surface area contributed by atoms with Gasteiger partial charge in [-0.1, -0.05) is 6.92 Å². The Morgan fingerprint density at radius 3 is 2.50 bits per heavy atom. The summed E-state index contributed by atoms with van der Waals surface area (Å²) in [7, 11) is 0. The minimum absolute atomic E-state index is 0.347. The normalized spacial score (nSPS) is 40.9. The van der Waals surface area contributed by atoms with Gasteiger partial charge in [0.1, 0.15) is 6.23 Å². The quantitative estimate of drug-likeness (QED) is 0.420. The Morgan fingerprint density at radius 1 is 1.75 bits per heavy atom. The van der Waals surface area contributed by atoms with Gasteiger partial charge in [0, 0.05) is 6.54 Å². The fourth-order valence-corrected chi connectivity index (χ4v) is 0.961. The lowest BCUT2D eigenvalue weighted by Gasteiger charge is -2.14. The summed E-state index contributed by atoms with van der Waals surface area (Å²) in [6.45, 7) is 2.82. The maximum Gasteiger partial charge on any atom is 0.122 e. The summed E-state index contributed by atoms with van der Waals surface area (Å²) in [5.41, 5.74) is 0. The standard InChI is InChI=1S/C5H12N2O/c1-4-2-3-7(6)5(4)8/h4-5,8H,2-3,6H2,1H3. The van der Waals surface area contributed by atoms with E-state index >= 15 is 0 Å². The number of rotatable bonds is 0. The zero-order valence-electron chi connectivity index (χ0n) is 5.04. The zero-order chi connectivity index (χ0) is 6.15. The van der Waals surface area contributed by atoms with Gasteiger partial charge in [0.05, 0.1) is 0 Å². The summed E-state index contributed by atoms with van der Waals surface area (Å²) < 4.78 is 0. The van der Waals surface area contributed by atoms with Crippen LogP contribution in [0.1, 0.15) is 13.3 Å². The Kier molecular flexibility index (Phi) is 1.51. The summed E-state index contributed by atoms with van der Waals surface area (Å²) in [5, 5.41) is 10.5. The molecule has 2 unspecified atom stereocenters. The van der Waals surface area contributed by atoms with Crippen LogP contribution in [0.5, 0.6) is 0 Å².